The molecule has 0 unspecified atom stereocenters. The van der Waals surface area contributed by atoms with Crippen LogP contribution in [0.1, 0.15) is 34.7 Å². The molecule has 0 spiro atoms. The summed E-state index contributed by atoms with van der Waals surface area (Å²) in [6.07, 6.45) is 1.47. The van der Waals surface area contributed by atoms with Gasteiger partial charge in [0.15, 0.2) is 0 Å². The molecular weight excluding hydrogens is 314 g/mol. The Morgan fingerprint density at radius 1 is 1.13 bits per heavy atom. The summed E-state index contributed by atoms with van der Waals surface area (Å²) in [6, 6.07) is 9.89. The number of halogens is 1. The second-order valence-electron chi connectivity index (χ2n) is 4.87. The third-order valence-corrected chi connectivity index (χ3v) is 3.64. The largest absolute Gasteiger partial charge is 0.339 e. The van der Waals surface area contributed by atoms with Gasteiger partial charge in [-0.25, -0.2) is 0 Å². The van der Waals surface area contributed by atoms with Crippen LogP contribution in [0.4, 0.5) is 5.69 Å². The van der Waals surface area contributed by atoms with E-state index in [2.05, 4.69) is 10.3 Å². The van der Waals surface area contributed by atoms with Gasteiger partial charge in [-0.05, 0) is 50.2 Å². The minimum atomic E-state index is -0.374. The van der Waals surface area contributed by atoms with Gasteiger partial charge < -0.3 is 10.2 Å². The first kappa shape index (κ1) is 17.0. The zero-order valence-electron chi connectivity index (χ0n) is 13.0. The minimum absolute atomic E-state index is 0.113. The molecule has 6 heteroatoms. The third kappa shape index (κ3) is 4.29. The lowest BCUT2D eigenvalue weighted by molar-refractivity contribution is 0.0773. The molecule has 1 aromatic carbocycles. The van der Waals surface area contributed by atoms with Crippen LogP contribution in [-0.2, 0) is 0 Å². The van der Waals surface area contributed by atoms with Crippen molar-refractivity contribution in [1.29, 1.82) is 0 Å². The van der Waals surface area contributed by atoms with E-state index in [0.29, 0.717) is 29.4 Å². The summed E-state index contributed by atoms with van der Waals surface area (Å²) >= 11 is 5.81. The van der Waals surface area contributed by atoms with Gasteiger partial charge in [0.25, 0.3) is 11.8 Å². The highest BCUT2D eigenvalue weighted by Crippen LogP contribution is 2.14. The molecule has 0 saturated carbocycles. The lowest BCUT2D eigenvalue weighted by atomic mass is 10.2. The van der Waals surface area contributed by atoms with E-state index < -0.39 is 0 Å². The first-order valence-corrected chi connectivity index (χ1v) is 7.75. The van der Waals surface area contributed by atoms with Crippen LogP contribution in [0.3, 0.4) is 0 Å². The molecule has 1 aromatic heterocycles. The van der Waals surface area contributed by atoms with Gasteiger partial charge in [-0.15, -0.1) is 0 Å². The summed E-state index contributed by atoms with van der Waals surface area (Å²) in [5.74, 6) is -0.487. The molecule has 1 heterocycles. The van der Waals surface area contributed by atoms with Gasteiger partial charge in [0.05, 0.1) is 0 Å². The van der Waals surface area contributed by atoms with Crippen LogP contribution >= 0.6 is 11.6 Å². The first-order chi connectivity index (χ1) is 11.0. The maximum absolute atomic E-state index is 12.3. The van der Waals surface area contributed by atoms with Crippen LogP contribution in [-0.4, -0.2) is 34.8 Å². The van der Waals surface area contributed by atoms with Gasteiger partial charge in [0.2, 0.25) is 0 Å². The number of pyridine rings is 1. The van der Waals surface area contributed by atoms with Gasteiger partial charge in [-0.2, -0.15) is 0 Å². The second kappa shape index (κ2) is 7.74. The van der Waals surface area contributed by atoms with Crippen molar-refractivity contribution < 1.29 is 9.59 Å². The van der Waals surface area contributed by atoms with Crippen LogP contribution in [0.2, 0.25) is 5.02 Å². The number of benzene rings is 1. The Kier molecular flexibility index (Phi) is 5.71. The highest BCUT2D eigenvalue weighted by atomic mass is 35.5. The molecule has 2 amide bonds. The van der Waals surface area contributed by atoms with Crippen LogP contribution < -0.4 is 5.32 Å². The number of anilines is 1. The fraction of sp³-hybridized carbons (Fsp3) is 0.235. The monoisotopic (exact) mass is 331 g/mol. The van der Waals surface area contributed by atoms with Gasteiger partial charge in [-0.3, -0.25) is 14.6 Å². The normalized spacial score (nSPS) is 10.2. The van der Waals surface area contributed by atoms with E-state index in [1.807, 2.05) is 13.8 Å². The minimum Gasteiger partial charge on any atom is -0.339 e. The number of nitrogens with zero attached hydrogens (tertiary/aromatic N) is 2. The van der Waals surface area contributed by atoms with Crippen molar-refractivity contribution >= 4 is 29.1 Å². The highest BCUT2D eigenvalue weighted by Gasteiger charge is 2.15. The highest BCUT2D eigenvalue weighted by molar-refractivity contribution is 6.30. The van der Waals surface area contributed by atoms with Crippen molar-refractivity contribution in [3.8, 4) is 0 Å². The van der Waals surface area contributed by atoms with Crippen LogP contribution in [0.5, 0.6) is 0 Å². The predicted molar refractivity (Wildman–Crippen MR) is 90.9 cm³/mol. The number of rotatable bonds is 5. The summed E-state index contributed by atoms with van der Waals surface area (Å²) in [6.45, 7) is 5.06. The van der Waals surface area contributed by atoms with E-state index >= 15 is 0 Å². The standard InChI is InChI=1S/C17H18ClN3O2/c1-3-21(4-2)17(23)12-9-10-19-15(11-12)16(22)20-14-7-5-13(18)6-8-14/h5-11H,3-4H2,1-2H3,(H,20,22). The summed E-state index contributed by atoms with van der Waals surface area (Å²) in [7, 11) is 0. The van der Waals surface area contributed by atoms with Gasteiger partial charge in [0.1, 0.15) is 5.69 Å². The van der Waals surface area contributed by atoms with Gasteiger partial charge in [0, 0.05) is 35.6 Å². The Labute approximate surface area is 140 Å². The van der Waals surface area contributed by atoms with E-state index in [9.17, 15) is 9.59 Å². The molecule has 0 fully saturated rings. The Morgan fingerprint density at radius 3 is 2.39 bits per heavy atom. The zero-order chi connectivity index (χ0) is 16.8. The molecule has 0 radical (unpaired) electrons. The molecule has 0 saturated heterocycles. The topological polar surface area (TPSA) is 62.3 Å². The van der Waals surface area contributed by atoms with Gasteiger partial charge in [-0.1, -0.05) is 11.6 Å². The number of hydrogen-bond donors (Lipinski definition) is 1. The van der Waals surface area contributed by atoms with Crippen molar-refractivity contribution in [3.05, 3.63) is 58.9 Å². The molecule has 0 aliphatic carbocycles. The van der Waals surface area contributed by atoms with Crippen molar-refractivity contribution in [2.24, 2.45) is 0 Å². The van der Waals surface area contributed by atoms with E-state index in [-0.39, 0.29) is 17.5 Å². The molecule has 2 aromatic rings. The molecule has 2 rings (SSSR count). The molecule has 1 N–H and O–H groups in total. The molecule has 0 aliphatic rings. The summed E-state index contributed by atoms with van der Waals surface area (Å²) in [5.41, 5.74) is 1.25. The molecule has 120 valence electrons. The van der Waals surface area contributed by atoms with Crippen LogP contribution in [0.15, 0.2) is 42.6 Å². The third-order valence-electron chi connectivity index (χ3n) is 3.39. The molecule has 23 heavy (non-hydrogen) atoms. The van der Waals surface area contributed by atoms with Crippen molar-refractivity contribution in [2.75, 3.05) is 18.4 Å². The number of aromatic nitrogens is 1. The number of hydrogen-bond acceptors (Lipinski definition) is 3. The fourth-order valence-corrected chi connectivity index (χ4v) is 2.24. The second-order valence-corrected chi connectivity index (χ2v) is 5.30. The lowest BCUT2D eigenvalue weighted by Crippen LogP contribution is -2.30. The molecule has 0 aliphatic heterocycles. The quantitative estimate of drug-likeness (QED) is 0.912. The van der Waals surface area contributed by atoms with Crippen molar-refractivity contribution in [1.82, 2.24) is 9.88 Å². The van der Waals surface area contributed by atoms with Crippen molar-refractivity contribution in [3.63, 3.8) is 0 Å². The molecule has 0 bridgehead atoms. The Bertz CT molecular complexity index is 697. The number of amides is 2. The van der Waals surface area contributed by atoms with E-state index in [1.165, 1.54) is 12.3 Å². The SMILES string of the molecule is CCN(CC)C(=O)c1ccnc(C(=O)Nc2ccc(Cl)cc2)c1. The number of carbonyl (C=O) groups is 2. The fourth-order valence-electron chi connectivity index (χ4n) is 2.11. The number of nitrogens with one attached hydrogen (secondary N) is 1. The van der Waals surface area contributed by atoms with Crippen molar-refractivity contribution in [2.45, 2.75) is 13.8 Å². The molecule has 5 nitrogen and oxygen atoms in total. The first-order valence-electron chi connectivity index (χ1n) is 7.37. The Balaban J connectivity index is 2.17. The molecule has 0 atom stereocenters. The van der Waals surface area contributed by atoms with E-state index in [4.69, 9.17) is 11.6 Å². The molecular formula is C17H18ClN3O2. The summed E-state index contributed by atoms with van der Waals surface area (Å²) in [5, 5.41) is 3.31. The van der Waals surface area contributed by atoms with Crippen LogP contribution in [0.25, 0.3) is 0 Å². The smallest absolute Gasteiger partial charge is 0.274 e. The average Bonchev–Trinajstić information content (AvgIpc) is 2.58. The van der Waals surface area contributed by atoms with E-state index in [0.717, 1.165) is 0 Å². The van der Waals surface area contributed by atoms with E-state index in [1.54, 1.807) is 35.2 Å². The zero-order valence-corrected chi connectivity index (χ0v) is 13.8. The van der Waals surface area contributed by atoms with Gasteiger partial charge >= 0.3 is 0 Å². The summed E-state index contributed by atoms with van der Waals surface area (Å²) < 4.78 is 0. The number of carbonyl (C=O) groups excluding carboxylic acids is 2. The lowest BCUT2D eigenvalue weighted by Gasteiger charge is -2.18. The maximum atomic E-state index is 12.3. The average molecular weight is 332 g/mol. The Morgan fingerprint density at radius 2 is 1.78 bits per heavy atom. The maximum Gasteiger partial charge on any atom is 0.274 e. The Hall–Kier alpha value is -2.40. The van der Waals surface area contributed by atoms with Crippen LogP contribution in [0, 0.1) is 0 Å². The predicted octanol–water partition coefficient (Wildman–Crippen LogP) is 3.47. The summed E-state index contributed by atoms with van der Waals surface area (Å²) in [4.78, 5) is 30.3.